The Kier molecular flexibility index (Phi) is 5.59. The number of carbonyl (C=O) groups excluding carboxylic acids is 1. The van der Waals surface area contributed by atoms with Gasteiger partial charge in [-0.05, 0) is 31.4 Å². The number of nitriles is 1. The molecular formula is C19H23N3O. The summed E-state index contributed by atoms with van der Waals surface area (Å²) < 4.78 is 1.73. The van der Waals surface area contributed by atoms with Crippen molar-refractivity contribution < 1.29 is 4.79 Å². The first kappa shape index (κ1) is 16.8. The smallest absolute Gasteiger partial charge is 0.270 e. The lowest BCUT2D eigenvalue weighted by molar-refractivity contribution is 0.0674. The first-order valence-corrected chi connectivity index (χ1v) is 8.02. The average Bonchev–Trinajstić information content (AvgIpc) is 2.96. The van der Waals surface area contributed by atoms with Crippen molar-refractivity contribution in [1.29, 1.82) is 5.26 Å². The summed E-state index contributed by atoms with van der Waals surface area (Å²) in [4.78, 5) is 14.8. The average molecular weight is 309 g/mol. The van der Waals surface area contributed by atoms with Crippen molar-refractivity contribution in [3.63, 3.8) is 0 Å². The van der Waals surface area contributed by atoms with Gasteiger partial charge in [0, 0.05) is 25.8 Å². The molecule has 0 aliphatic heterocycles. The molecule has 2 aromatic rings. The van der Waals surface area contributed by atoms with Gasteiger partial charge in [-0.15, -0.1) is 0 Å². The zero-order valence-electron chi connectivity index (χ0n) is 14.0. The lowest BCUT2D eigenvalue weighted by Gasteiger charge is -2.30. The van der Waals surface area contributed by atoms with Crippen molar-refractivity contribution in [2.75, 3.05) is 6.54 Å². The van der Waals surface area contributed by atoms with Crippen molar-refractivity contribution in [3.05, 3.63) is 59.4 Å². The Morgan fingerprint density at radius 3 is 2.52 bits per heavy atom. The van der Waals surface area contributed by atoms with Gasteiger partial charge >= 0.3 is 0 Å². The van der Waals surface area contributed by atoms with Gasteiger partial charge < -0.3 is 9.47 Å². The van der Waals surface area contributed by atoms with E-state index in [0.717, 1.165) is 12.8 Å². The van der Waals surface area contributed by atoms with Crippen LogP contribution in [0, 0.1) is 11.3 Å². The molecule has 0 aliphatic rings. The number of rotatable bonds is 6. The fraction of sp³-hybridized carbons (Fsp3) is 0.368. The monoisotopic (exact) mass is 309 g/mol. The van der Waals surface area contributed by atoms with E-state index >= 15 is 0 Å². The maximum absolute atomic E-state index is 12.9. The van der Waals surface area contributed by atoms with E-state index in [0.29, 0.717) is 17.8 Å². The summed E-state index contributed by atoms with van der Waals surface area (Å²) >= 11 is 0. The first-order valence-electron chi connectivity index (χ1n) is 8.02. The third kappa shape index (κ3) is 3.81. The molecule has 0 saturated heterocycles. The molecule has 0 saturated carbocycles. The third-order valence-electron chi connectivity index (χ3n) is 4.18. The summed E-state index contributed by atoms with van der Waals surface area (Å²) in [6.07, 6.45) is 3.43. The van der Waals surface area contributed by atoms with Crippen LogP contribution in [0.3, 0.4) is 0 Å². The van der Waals surface area contributed by atoms with Crippen molar-refractivity contribution in [3.8, 4) is 6.07 Å². The van der Waals surface area contributed by atoms with Crippen molar-refractivity contribution in [2.24, 2.45) is 7.05 Å². The zero-order chi connectivity index (χ0) is 16.8. The van der Waals surface area contributed by atoms with Crippen LogP contribution in [-0.4, -0.2) is 28.0 Å². The topological polar surface area (TPSA) is 49.0 Å². The van der Waals surface area contributed by atoms with Crippen LogP contribution in [0.4, 0.5) is 0 Å². The molecule has 0 N–H and O–H groups in total. The van der Waals surface area contributed by atoms with E-state index in [1.54, 1.807) is 23.9 Å². The number of aromatic nitrogens is 1. The number of likely N-dealkylation sites (N-methyl/N-ethyl adjacent to an activating group) is 1. The minimum atomic E-state index is -0.0146. The molecule has 0 aliphatic carbocycles. The minimum Gasteiger partial charge on any atom is -0.345 e. The van der Waals surface area contributed by atoms with Crippen LogP contribution in [-0.2, 0) is 13.5 Å². The molecule has 1 heterocycles. The molecular weight excluding hydrogens is 286 g/mol. The van der Waals surface area contributed by atoms with Crippen LogP contribution in [0.2, 0.25) is 0 Å². The lowest BCUT2D eigenvalue weighted by Crippen LogP contribution is -2.41. The largest absolute Gasteiger partial charge is 0.345 e. The van der Waals surface area contributed by atoms with Gasteiger partial charge in [0.05, 0.1) is 5.56 Å². The van der Waals surface area contributed by atoms with Crippen LogP contribution in [0.1, 0.15) is 41.9 Å². The molecule has 0 radical (unpaired) electrons. The number of hydrogen-bond acceptors (Lipinski definition) is 2. The minimum absolute atomic E-state index is 0.0146. The fourth-order valence-electron chi connectivity index (χ4n) is 2.91. The Bertz CT molecular complexity index is 697. The second-order valence-corrected chi connectivity index (χ2v) is 5.68. The van der Waals surface area contributed by atoms with Gasteiger partial charge in [-0.1, -0.05) is 37.3 Å². The van der Waals surface area contributed by atoms with E-state index in [4.69, 9.17) is 5.26 Å². The normalized spacial score (nSPS) is 11.7. The van der Waals surface area contributed by atoms with E-state index in [-0.39, 0.29) is 11.9 Å². The SMILES string of the molecule is CC[C@@H](Cc1ccccc1)N(CC)C(=O)c1cc(C#N)cn1C. The Morgan fingerprint density at radius 2 is 2.00 bits per heavy atom. The molecule has 23 heavy (non-hydrogen) atoms. The molecule has 0 fully saturated rings. The van der Waals surface area contributed by atoms with E-state index in [9.17, 15) is 4.79 Å². The molecule has 0 bridgehead atoms. The van der Waals surface area contributed by atoms with Crippen LogP contribution < -0.4 is 0 Å². The summed E-state index contributed by atoms with van der Waals surface area (Å²) in [5.74, 6) is -0.0146. The van der Waals surface area contributed by atoms with Gasteiger partial charge in [-0.3, -0.25) is 4.79 Å². The lowest BCUT2D eigenvalue weighted by atomic mass is 10.0. The molecule has 0 unspecified atom stereocenters. The molecule has 120 valence electrons. The standard InChI is InChI=1S/C19H23N3O/c1-4-17(11-15-9-7-6-8-10-15)22(5-2)19(23)18-12-16(13-20)14-21(18)3/h6-10,12,14,17H,4-5,11H2,1-3H3/t17-/m0/s1. The Labute approximate surface area is 138 Å². The predicted molar refractivity (Wildman–Crippen MR) is 91.1 cm³/mol. The fourth-order valence-corrected chi connectivity index (χ4v) is 2.91. The van der Waals surface area contributed by atoms with Crippen molar-refractivity contribution >= 4 is 5.91 Å². The summed E-state index contributed by atoms with van der Waals surface area (Å²) in [5.41, 5.74) is 2.31. The summed E-state index contributed by atoms with van der Waals surface area (Å²) in [6.45, 7) is 4.76. The molecule has 0 spiro atoms. The molecule has 1 atom stereocenters. The Morgan fingerprint density at radius 1 is 1.30 bits per heavy atom. The molecule has 1 amide bonds. The van der Waals surface area contributed by atoms with Gasteiger partial charge in [0.2, 0.25) is 0 Å². The van der Waals surface area contributed by atoms with E-state index in [1.807, 2.05) is 30.0 Å². The highest BCUT2D eigenvalue weighted by Gasteiger charge is 2.24. The van der Waals surface area contributed by atoms with Crippen molar-refractivity contribution in [2.45, 2.75) is 32.7 Å². The van der Waals surface area contributed by atoms with Crippen LogP contribution in [0.25, 0.3) is 0 Å². The third-order valence-corrected chi connectivity index (χ3v) is 4.18. The summed E-state index contributed by atoms with van der Waals surface area (Å²) in [6, 6.07) is 14.1. The Balaban J connectivity index is 2.23. The molecule has 4 nitrogen and oxygen atoms in total. The van der Waals surface area contributed by atoms with Crippen LogP contribution >= 0.6 is 0 Å². The quantitative estimate of drug-likeness (QED) is 0.821. The zero-order valence-corrected chi connectivity index (χ0v) is 14.0. The molecule has 1 aromatic carbocycles. The second kappa shape index (κ2) is 7.64. The van der Waals surface area contributed by atoms with E-state index in [1.165, 1.54) is 5.56 Å². The predicted octanol–water partition coefficient (Wildman–Crippen LogP) is 3.38. The maximum atomic E-state index is 12.9. The number of nitrogens with zero attached hydrogens (tertiary/aromatic N) is 3. The van der Waals surface area contributed by atoms with Crippen molar-refractivity contribution in [1.82, 2.24) is 9.47 Å². The summed E-state index contributed by atoms with van der Waals surface area (Å²) in [5, 5.41) is 9.01. The van der Waals surface area contributed by atoms with E-state index < -0.39 is 0 Å². The number of benzene rings is 1. The Hall–Kier alpha value is -2.54. The highest BCUT2D eigenvalue weighted by atomic mass is 16.2. The van der Waals surface area contributed by atoms with Crippen LogP contribution in [0.5, 0.6) is 0 Å². The van der Waals surface area contributed by atoms with Gasteiger partial charge in [0.1, 0.15) is 11.8 Å². The second-order valence-electron chi connectivity index (χ2n) is 5.68. The number of carbonyl (C=O) groups is 1. The highest BCUT2D eigenvalue weighted by Crippen LogP contribution is 2.17. The van der Waals surface area contributed by atoms with Crippen LogP contribution in [0.15, 0.2) is 42.6 Å². The highest BCUT2D eigenvalue weighted by molar-refractivity contribution is 5.93. The van der Waals surface area contributed by atoms with Gasteiger partial charge in [0.15, 0.2) is 0 Å². The van der Waals surface area contributed by atoms with E-state index in [2.05, 4.69) is 25.1 Å². The van der Waals surface area contributed by atoms with Gasteiger partial charge in [-0.25, -0.2) is 0 Å². The number of hydrogen-bond donors (Lipinski definition) is 0. The molecule has 2 rings (SSSR count). The molecule has 4 heteroatoms. The summed E-state index contributed by atoms with van der Waals surface area (Å²) in [7, 11) is 1.81. The maximum Gasteiger partial charge on any atom is 0.270 e. The van der Waals surface area contributed by atoms with Gasteiger partial charge in [-0.2, -0.15) is 5.26 Å². The molecule has 1 aromatic heterocycles. The first-order chi connectivity index (χ1) is 11.1. The number of amides is 1. The number of aryl methyl sites for hydroxylation is 1. The van der Waals surface area contributed by atoms with Gasteiger partial charge in [0.25, 0.3) is 5.91 Å².